The van der Waals surface area contributed by atoms with Gasteiger partial charge >= 0.3 is 0 Å². The van der Waals surface area contributed by atoms with Crippen molar-refractivity contribution in [2.75, 3.05) is 30.9 Å². The second-order valence-corrected chi connectivity index (χ2v) is 5.44. The van der Waals surface area contributed by atoms with Crippen molar-refractivity contribution in [2.24, 2.45) is 0 Å². The molecule has 0 spiro atoms. The predicted molar refractivity (Wildman–Crippen MR) is 82.2 cm³/mol. The molecule has 0 saturated heterocycles. The summed E-state index contributed by atoms with van der Waals surface area (Å²) < 4.78 is 5.04. The summed E-state index contributed by atoms with van der Waals surface area (Å²) in [5, 5.41) is 6.83. The third kappa shape index (κ3) is 4.96. The van der Waals surface area contributed by atoms with Crippen LogP contribution in [0.1, 0.15) is 44.3 Å². The van der Waals surface area contributed by atoms with Crippen LogP contribution in [-0.4, -0.2) is 36.3 Å². The Kier molecular flexibility index (Phi) is 6.05. The highest BCUT2D eigenvalue weighted by Crippen LogP contribution is 2.21. The smallest absolute Gasteiger partial charge is 0.132 e. The number of aromatic nitrogens is 2. The second kappa shape index (κ2) is 8.04. The molecule has 0 unspecified atom stereocenters. The number of aryl methyl sites for hydroxylation is 1. The third-order valence-electron chi connectivity index (χ3n) is 3.66. The third-order valence-corrected chi connectivity index (χ3v) is 3.66. The molecule has 2 rings (SSSR count). The Morgan fingerprint density at radius 2 is 1.85 bits per heavy atom. The zero-order chi connectivity index (χ0) is 14.2. The quantitative estimate of drug-likeness (QED) is 0.619. The van der Waals surface area contributed by atoms with E-state index in [0.717, 1.165) is 24.0 Å². The average Bonchev–Trinajstić information content (AvgIpc) is 2.67. The number of nitrogens with zero attached hydrogens (tertiary/aromatic N) is 2. The Balaban J connectivity index is 1.95. The van der Waals surface area contributed by atoms with E-state index < -0.39 is 0 Å². The summed E-state index contributed by atoms with van der Waals surface area (Å²) in [4.78, 5) is 8.89. The van der Waals surface area contributed by atoms with Gasteiger partial charge in [0.05, 0.1) is 6.61 Å². The summed E-state index contributed by atoms with van der Waals surface area (Å²) in [7, 11) is 1.70. The van der Waals surface area contributed by atoms with Gasteiger partial charge in [0.15, 0.2) is 0 Å². The van der Waals surface area contributed by atoms with E-state index in [1.54, 1.807) is 7.11 Å². The molecule has 0 radical (unpaired) electrons. The molecule has 20 heavy (non-hydrogen) atoms. The zero-order valence-electron chi connectivity index (χ0n) is 12.6. The number of anilines is 2. The molecule has 0 bridgehead atoms. The molecule has 1 aromatic rings. The highest BCUT2D eigenvalue weighted by molar-refractivity contribution is 5.48. The Hall–Kier alpha value is -1.36. The van der Waals surface area contributed by atoms with Crippen LogP contribution in [0.2, 0.25) is 0 Å². The minimum absolute atomic E-state index is 0.554. The van der Waals surface area contributed by atoms with Crippen LogP contribution in [0.3, 0.4) is 0 Å². The van der Waals surface area contributed by atoms with E-state index in [0.29, 0.717) is 12.6 Å². The second-order valence-electron chi connectivity index (χ2n) is 5.44. The highest BCUT2D eigenvalue weighted by atomic mass is 16.5. The Bertz CT molecular complexity index is 403. The van der Waals surface area contributed by atoms with Crippen LogP contribution in [0, 0.1) is 6.92 Å². The Morgan fingerprint density at radius 1 is 1.15 bits per heavy atom. The van der Waals surface area contributed by atoms with E-state index in [2.05, 4.69) is 20.6 Å². The monoisotopic (exact) mass is 278 g/mol. The predicted octanol–water partition coefficient (Wildman–Crippen LogP) is 2.98. The van der Waals surface area contributed by atoms with Crippen LogP contribution in [0.15, 0.2) is 6.07 Å². The lowest BCUT2D eigenvalue weighted by Crippen LogP contribution is -2.20. The van der Waals surface area contributed by atoms with Crippen LogP contribution in [0.5, 0.6) is 0 Å². The summed E-state index contributed by atoms with van der Waals surface area (Å²) in [6.45, 7) is 3.37. The standard InChI is InChI=1S/C15H26N4O/c1-12-17-14(16-9-10-20-2)11-15(18-12)19-13-7-5-3-4-6-8-13/h11,13H,3-10H2,1-2H3,(H2,16,17,18,19). The SMILES string of the molecule is COCCNc1cc(NC2CCCCCC2)nc(C)n1. The number of nitrogens with one attached hydrogen (secondary N) is 2. The maximum Gasteiger partial charge on any atom is 0.132 e. The molecular formula is C15H26N4O. The molecule has 1 saturated carbocycles. The first-order valence-electron chi connectivity index (χ1n) is 7.63. The van der Waals surface area contributed by atoms with Gasteiger partial charge in [-0.25, -0.2) is 9.97 Å². The first-order valence-corrected chi connectivity index (χ1v) is 7.63. The van der Waals surface area contributed by atoms with Crippen LogP contribution in [-0.2, 0) is 4.74 Å². The number of methoxy groups -OCH3 is 1. The lowest BCUT2D eigenvalue weighted by molar-refractivity contribution is 0.210. The number of rotatable bonds is 6. The summed E-state index contributed by atoms with van der Waals surface area (Å²) in [5.41, 5.74) is 0. The lowest BCUT2D eigenvalue weighted by Gasteiger charge is -2.17. The van der Waals surface area contributed by atoms with Crippen molar-refractivity contribution < 1.29 is 4.74 Å². The fourth-order valence-corrected chi connectivity index (χ4v) is 2.65. The Labute approximate surface area is 121 Å². The number of hydrogen-bond acceptors (Lipinski definition) is 5. The summed E-state index contributed by atoms with van der Waals surface area (Å²) in [6.07, 6.45) is 7.86. The summed E-state index contributed by atoms with van der Waals surface area (Å²) >= 11 is 0. The molecule has 1 fully saturated rings. The van der Waals surface area contributed by atoms with Gasteiger partial charge in [-0.05, 0) is 19.8 Å². The van der Waals surface area contributed by atoms with E-state index in [1.165, 1.54) is 38.5 Å². The van der Waals surface area contributed by atoms with E-state index in [9.17, 15) is 0 Å². The van der Waals surface area contributed by atoms with Crippen LogP contribution in [0.25, 0.3) is 0 Å². The van der Waals surface area contributed by atoms with E-state index in [-0.39, 0.29) is 0 Å². The molecule has 2 N–H and O–H groups in total. The summed E-state index contributed by atoms with van der Waals surface area (Å²) in [5.74, 6) is 2.60. The van der Waals surface area contributed by atoms with Crippen molar-refractivity contribution in [1.29, 1.82) is 0 Å². The van der Waals surface area contributed by atoms with Crippen LogP contribution < -0.4 is 10.6 Å². The molecule has 1 aliphatic carbocycles. The molecule has 112 valence electrons. The van der Waals surface area contributed by atoms with Crippen molar-refractivity contribution in [3.8, 4) is 0 Å². The molecule has 0 atom stereocenters. The minimum Gasteiger partial charge on any atom is -0.383 e. The van der Waals surface area contributed by atoms with Crippen molar-refractivity contribution in [2.45, 2.75) is 51.5 Å². The molecule has 1 aromatic heterocycles. The lowest BCUT2D eigenvalue weighted by atomic mass is 10.1. The van der Waals surface area contributed by atoms with E-state index in [1.807, 2.05) is 13.0 Å². The molecule has 5 nitrogen and oxygen atoms in total. The maximum atomic E-state index is 5.04. The van der Waals surface area contributed by atoms with Crippen molar-refractivity contribution in [3.63, 3.8) is 0 Å². The highest BCUT2D eigenvalue weighted by Gasteiger charge is 2.13. The molecular weight excluding hydrogens is 252 g/mol. The van der Waals surface area contributed by atoms with Gasteiger partial charge in [-0.1, -0.05) is 25.7 Å². The average molecular weight is 278 g/mol. The maximum absolute atomic E-state index is 5.04. The van der Waals surface area contributed by atoms with Crippen molar-refractivity contribution in [3.05, 3.63) is 11.9 Å². The normalized spacial score (nSPS) is 16.7. The molecule has 0 aromatic carbocycles. The Morgan fingerprint density at radius 3 is 2.55 bits per heavy atom. The van der Waals surface area contributed by atoms with Crippen LogP contribution >= 0.6 is 0 Å². The molecule has 1 heterocycles. The fraction of sp³-hybridized carbons (Fsp3) is 0.733. The fourth-order valence-electron chi connectivity index (χ4n) is 2.65. The van der Waals surface area contributed by atoms with Gasteiger partial charge in [0.25, 0.3) is 0 Å². The van der Waals surface area contributed by atoms with Gasteiger partial charge < -0.3 is 15.4 Å². The van der Waals surface area contributed by atoms with Crippen LogP contribution in [0.4, 0.5) is 11.6 Å². The van der Waals surface area contributed by atoms with E-state index >= 15 is 0 Å². The first-order chi connectivity index (χ1) is 9.78. The van der Waals surface area contributed by atoms with Gasteiger partial charge in [0.2, 0.25) is 0 Å². The topological polar surface area (TPSA) is 59.1 Å². The molecule has 0 amide bonds. The van der Waals surface area contributed by atoms with Crippen molar-refractivity contribution >= 4 is 11.6 Å². The van der Waals surface area contributed by atoms with Gasteiger partial charge in [-0.15, -0.1) is 0 Å². The van der Waals surface area contributed by atoms with Gasteiger partial charge in [0, 0.05) is 25.8 Å². The van der Waals surface area contributed by atoms with Gasteiger partial charge in [-0.2, -0.15) is 0 Å². The largest absolute Gasteiger partial charge is 0.383 e. The van der Waals surface area contributed by atoms with E-state index in [4.69, 9.17) is 4.74 Å². The van der Waals surface area contributed by atoms with Gasteiger partial charge in [-0.3, -0.25) is 0 Å². The summed E-state index contributed by atoms with van der Waals surface area (Å²) in [6, 6.07) is 2.55. The molecule has 5 heteroatoms. The molecule has 1 aliphatic rings. The molecule has 0 aliphatic heterocycles. The van der Waals surface area contributed by atoms with Gasteiger partial charge in [0.1, 0.15) is 17.5 Å². The number of hydrogen-bond donors (Lipinski definition) is 2. The van der Waals surface area contributed by atoms with Crippen molar-refractivity contribution in [1.82, 2.24) is 9.97 Å². The minimum atomic E-state index is 0.554. The zero-order valence-corrected chi connectivity index (χ0v) is 12.6. The first kappa shape index (κ1) is 15.0. The number of ether oxygens (including phenoxy) is 1.